The zero-order valence-corrected chi connectivity index (χ0v) is 32.0. The monoisotopic (exact) mass is 747 g/mol. The first-order valence-corrected chi connectivity index (χ1v) is 20.4. The van der Waals surface area contributed by atoms with Gasteiger partial charge in [-0.05, 0) is 75.4 Å². The molecule has 0 aromatic carbocycles. The lowest BCUT2D eigenvalue weighted by Crippen LogP contribution is -2.57. The number of methoxy groups -OCH3 is 1. The third-order valence-electron chi connectivity index (χ3n) is 13.6. The van der Waals surface area contributed by atoms with Crippen molar-refractivity contribution in [3.63, 3.8) is 0 Å². The topological polar surface area (TPSA) is 168 Å². The standard InChI is InChI=1S/C41H65NO11/c1-21-12-26-6-8-32-22(2)13-28(48-32)10-11-41(4)19-31(46)40(53-41)37-17-30(45)39-33(51-37)9-7-27(50-39)14-24(43)15-29-35(18-34(49-26)23(21)3)52-36(38(29)47-5)16-25(44)20-42/h21,25-40,44-46H,2-3,6-20,42H2,1,4-5H3/t21-,25+,26+,27-,28+,29+,30-,31-,32+,33+,34-,35+,36-,37-,38-,39-,40+,41-/m1/s1. The van der Waals surface area contributed by atoms with Crippen LogP contribution in [-0.4, -0.2) is 132 Å². The summed E-state index contributed by atoms with van der Waals surface area (Å²) in [5.41, 5.74) is 7.40. The average molecular weight is 748 g/mol. The van der Waals surface area contributed by atoms with Crippen LogP contribution in [0, 0.1) is 11.8 Å². The largest absolute Gasteiger partial charge is 0.392 e. The second-order valence-corrected chi connectivity index (χ2v) is 17.7. The first-order chi connectivity index (χ1) is 25.3. The van der Waals surface area contributed by atoms with Gasteiger partial charge >= 0.3 is 0 Å². The Morgan fingerprint density at radius 1 is 0.849 bits per heavy atom. The second-order valence-electron chi connectivity index (χ2n) is 17.7. The zero-order chi connectivity index (χ0) is 37.6. The van der Waals surface area contributed by atoms with Crippen molar-refractivity contribution in [1.29, 1.82) is 0 Å². The van der Waals surface area contributed by atoms with Crippen molar-refractivity contribution in [3.05, 3.63) is 24.3 Å². The van der Waals surface area contributed by atoms with Crippen molar-refractivity contribution in [2.75, 3.05) is 13.7 Å². The number of Topliss-reactive ketones (excluding diaryl/α,β-unsaturated/α-hetero) is 1. The molecule has 9 fully saturated rings. The van der Waals surface area contributed by atoms with Crippen LogP contribution in [0.2, 0.25) is 0 Å². The van der Waals surface area contributed by atoms with Gasteiger partial charge in [-0.2, -0.15) is 0 Å². The predicted molar refractivity (Wildman–Crippen MR) is 195 cm³/mol. The van der Waals surface area contributed by atoms with Crippen LogP contribution in [-0.2, 0) is 38.0 Å². The van der Waals surface area contributed by atoms with Crippen LogP contribution >= 0.6 is 0 Å². The summed E-state index contributed by atoms with van der Waals surface area (Å²) in [4.78, 5) is 13.9. The van der Waals surface area contributed by atoms with Gasteiger partial charge in [-0.3, -0.25) is 4.79 Å². The molecule has 18 atom stereocenters. The third-order valence-corrected chi connectivity index (χ3v) is 13.6. The number of hydrogen-bond acceptors (Lipinski definition) is 12. The molecule has 300 valence electrons. The number of rotatable bonds is 4. The van der Waals surface area contributed by atoms with Gasteiger partial charge in [0.25, 0.3) is 0 Å². The van der Waals surface area contributed by atoms with Crippen molar-refractivity contribution in [2.24, 2.45) is 17.6 Å². The molecule has 10 bridgehead atoms. The summed E-state index contributed by atoms with van der Waals surface area (Å²) < 4.78 is 45.5. The highest BCUT2D eigenvalue weighted by Crippen LogP contribution is 2.44. The van der Waals surface area contributed by atoms with E-state index in [-0.39, 0.29) is 86.2 Å². The minimum atomic E-state index is -0.807. The van der Waals surface area contributed by atoms with E-state index in [4.69, 9.17) is 38.9 Å². The van der Waals surface area contributed by atoms with E-state index in [2.05, 4.69) is 27.0 Å². The van der Waals surface area contributed by atoms with Crippen molar-refractivity contribution in [3.8, 4) is 0 Å². The number of nitrogens with two attached hydrogens (primary N) is 1. The number of aliphatic hydroxyl groups is 3. The molecule has 12 nitrogen and oxygen atoms in total. The smallest absolute Gasteiger partial charge is 0.135 e. The Hall–Kier alpha value is -1.29. The first kappa shape index (κ1) is 39.9. The molecule has 9 saturated heterocycles. The van der Waals surface area contributed by atoms with Gasteiger partial charge in [-0.15, -0.1) is 0 Å². The van der Waals surface area contributed by atoms with E-state index >= 15 is 0 Å². The Labute approximate surface area is 315 Å². The lowest BCUT2D eigenvalue weighted by atomic mass is 9.81. The number of ether oxygens (including phenoxy) is 7. The maximum Gasteiger partial charge on any atom is 0.135 e. The SMILES string of the molecule is C=C1C[C@@H]2CC[C@]3(C)C[C@@H](O)[C@H](O3)[C@H]3C[C@@H](O)[C@H]4O[C@H](CC[C@@H]4O3)CC(=O)C[C@@H]3[C@@H](OC)[C@@H](C[C@H](O)CN)O[C@H]3C[C@H]3O[C@@H](CC[C@@H]1O2)C[C@@H](C)C3=C. The number of ketones is 1. The average Bonchev–Trinajstić information content (AvgIpc) is 3.75. The fraction of sp³-hybridized carbons (Fsp3) is 0.878. The normalized spacial score (nSPS) is 49.1. The maximum absolute atomic E-state index is 13.9. The maximum atomic E-state index is 13.9. The summed E-state index contributed by atoms with van der Waals surface area (Å²) in [7, 11) is 1.63. The summed E-state index contributed by atoms with van der Waals surface area (Å²) in [5, 5.41) is 33.0. The minimum Gasteiger partial charge on any atom is -0.392 e. The van der Waals surface area contributed by atoms with Gasteiger partial charge in [-0.25, -0.2) is 0 Å². The minimum absolute atomic E-state index is 0.0180. The van der Waals surface area contributed by atoms with Gasteiger partial charge in [-0.1, -0.05) is 20.1 Å². The highest BCUT2D eigenvalue weighted by atomic mass is 16.6. The van der Waals surface area contributed by atoms with Crippen LogP contribution < -0.4 is 5.73 Å². The van der Waals surface area contributed by atoms with Crippen LogP contribution in [0.5, 0.6) is 0 Å². The van der Waals surface area contributed by atoms with Gasteiger partial charge in [0.15, 0.2) is 0 Å². The van der Waals surface area contributed by atoms with E-state index in [1.807, 2.05) is 0 Å². The summed E-state index contributed by atoms with van der Waals surface area (Å²) in [6.07, 6.45) is 2.22. The number of carbonyl (C=O) groups is 1. The van der Waals surface area contributed by atoms with Crippen LogP contribution in [0.1, 0.15) is 104 Å². The van der Waals surface area contributed by atoms with Gasteiger partial charge in [0.2, 0.25) is 0 Å². The Kier molecular flexibility index (Phi) is 12.6. The van der Waals surface area contributed by atoms with E-state index in [1.54, 1.807) is 7.11 Å². The fourth-order valence-electron chi connectivity index (χ4n) is 10.6. The van der Waals surface area contributed by atoms with Crippen LogP contribution in [0.4, 0.5) is 0 Å². The molecular weight excluding hydrogens is 682 g/mol. The zero-order valence-electron chi connectivity index (χ0n) is 32.0. The van der Waals surface area contributed by atoms with Crippen molar-refractivity contribution in [1.82, 2.24) is 0 Å². The summed E-state index contributed by atoms with van der Waals surface area (Å²) >= 11 is 0. The quantitative estimate of drug-likeness (QED) is 0.310. The van der Waals surface area contributed by atoms with Gasteiger partial charge < -0.3 is 54.2 Å². The Morgan fingerprint density at radius 2 is 1.60 bits per heavy atom. The second kappa shape index (κ2) is 16.7. The van der Waals surface area contributed by atoms with Crippen LogP contribution in [0.25, 0.3) is 0 Å². The van der Waals surface area contributed by atoms with Crippen molar-refractivity contribution >= 4 is 5.78 Å². The van der Waals surface area contributed by atoms with E-state index in [1.165, 1.54) is 0 Å². The number of fused-ring (bicyclic) bond motifs is 2. The van der Waals surface area contributed by atoms with Gasteiger partial charge in [0.1, 0.15) is 18.0 Å². The molecule has 53 heavy (non-hydrogen) atoms. The van der Waals surface area contributed by atoms with Gasteiger partial charge in [0, 0.05) is 58.1 Å². The number of aliphatic hydroxyl groups excluding tert-OH is 3. The van der Waals surface area contributed by atoms with E-state index in [0.29, 0.717) is 32.1 Å². The molecule has 0 amide bonds. The summed E-state index contributed by atoms with van der Waals surface area (Å²) in [5.74, 6) is 0.0279. The molecule has 0 saturated carbocycles. The molecule has 0 aromatic heterocycles. The molecule has 0 aromatic rings. The van der Waals surface area contributed by atoms with E-state index in [9.17, 15) is 20.1 Å². The molecule has 9 rings (SSSR count). The lowest BCUT2D eigenvalue weighted by molar-refractivity contribution is -0.250. The van der Waals surface area contributed by atoms with Gasteiger partial charge in [0.05, 0.1) is 85.0 Å². The first-order valence-electron chi connectivity index (χ1n) is 20.4. The molecule has 9 aliphatic rings. The van der Waals surface area contributed by atoms with E-state index in [0.717, 1.165) is 49.7 Å². The number of hydrogen-bond donors (Lipinski definition) is 4. The Balaban J connectivity index is 1.11. The van der Waals surface area contributed by atoms with Crippen LogP contribution in [0.3, 0.4) is 0 Å². The highest BCUT2D eigenvalue weighted by molar-refractivity contribution is 5.79. The van der Waals surface area contributed by atoms with Crippen molar-refractivity contribution in [2.45, 2.75) is 201 Å². The molecule has 0 radical (unpaired) electrons. The highest BCUT2D eigenvalue weighted by Gasteiger charge is 2.53. The molecule has 9 heterocycles. The third kappa shape index (κ3) is 8.83. The molecule has 5 N–H and O–H groups in total. The number of carbonyl (C=O) groups excluding carboxylic acids is 1. The molecule has 0 aliphatic carbocycles. The molecule has 9 aliphatic heterocycles. The Bertz CT molecular complexity index is 1310. The summed E-state index contributed by atoms with van der Waals surface area (Å²) in [6, 6.07) is 0. The molecule has 0 unspecified atom stereocenters. The van der Waals surface area contributed by atoms with Crippen LogP contribution in [0.15, 0.2) is 24.3 Å². The van der Waals surface area contributed by atoms with Crippen molar-refractivity contribution < 1.29 is 53.3 Å². The fourth-order valence-corrected chi connectivity index (χ4v) is 10.6. The molecule has 0 spiro atoms. The molecule has 12 heteroatoms. The molecular formula is C41H65NO11. The Morgan fingerprint density at radius 3 is 2.38 bits per heavy atom. The predicted octanol–water partition coefficient (Wildman–Crippen LogP) is 3.45. The summed E-state index contributed by atoms with van der Waals surface area (Å²) in [6.45, 7) is 13.2. The van der Waals surface area contributed by atoms with E-state index < -0.39 is 54.4 Å². The lowest BCUT2D eigenvalue weighted by Gasteiger charge is -2.46.